The molecule has 6 heteroatoms. The van der Waals surface area contributed by atoms with Crippen molar-refractivity contribution in [3.8, 4) is 0 Å². The lowest BCUT2D eigenvalue weighted by molar-refractivity contribution is 0.141. The molecule has 0 amide bonds. The van der Waals surface area contributed by atoms with Crippen molar-refractivity contribution in [2.24, 2.45) is 0 Å². The fraction of sp³-hybridized carbons (Fsp3) is 0.636. The van der Waals surface area contributed by atoms with E-state index in [0.29, 0.717) is 32.7 Å². The quantitative estimate of drug-likeness (QED) is 0.713. The Bertz CT molecular complexity index is 476. The summed E-state index contributed by atoms with van der Waals surface area (Å²) in [5.41, 5.74) is 4.94. The van der Waals surface area contributed by atoms with Gasteiger partial charge in [-0.15, -0.1) is 0 Å². The third-order valence-corrected chi connectivity index (χ3v) is 2.48. The van der Waals surface area contributed by atoms with Crippen LogP contribution in [0, 0.1) is 0 Å². The fourth-order valence-electron chi connectivity index (χ4n) is 1.57. The molecule has 6 nitrogen and oxygen atoms in total. The lowest BCUT2D eigenvalue weighted by Gasteiger charge is -2.09. The van der Waals surface area contributed by atoms with E-state index in [4.69, 9.17) is 10.5 Å². The van der Waals surface area contributed by atoms with Gasteiger partial charge >= 0.3 is 5.69 Å². The summed E-state index contributed by atoms with van der Waals surface area (Å²) in [6.45, 7) is 5.72. The number of rotatable bonds is 6. The second-order valence-electron chi connectivity index (χ2n) is 3.66. The molecule has 0 aliphatic rings. The van der Waals surface area contributed by atoms with Crippen LogP contribution < -0.4 is 17.0 Å². The molecule has 1 heterocycles. The van der Waals surface area contributed by atoms with Gasteiger partial charge in [-0.3, -0.25) is 13.9 Å². The number of nitrogens with zero attached hydrogens (tertiary/aromatic N) is 2. The summed E-state index contributed by atoms with van der Waals surface area (Å²) < 4.78 is 7.76. The third-order valence-electron chi connectivity index (χ3n) is 2.48. The van der Waals surface area contributed by atoms with E-state index in [1.807, 2.05) is 13.8 Å². The van der Waals surface area contributed by atoms with Gasteiger partial charge in [0.25, 0.3) is 5.56 Å². The topological polar surface area (TPSA) is 79.2 Å². The van der Waals surface area contributed by atoms with Crippen LogP contribution in [0.15, 0.2) is 15.8 Å². The van der Waals surface area contributed by atoms with Crippen molar-refractivity contribution in [3.05, 3.63) is 27.0 Å². The highest BCUT2D eigenvalue weighted by molar-refractivity contribution is 5.30. The number of hydrogen-bond donors (Lipinski definition) is 1. The van der Waals surface area contributed by atoms with Crippen LogP contribution in [0.4, 0.5) is 5.69 Å². The number of aromatic nitrogens is 2. The highest BCUT2D eigenvalue weighted by atomic mass is 16.5. The van der Waals surface area contributed by atoms with Crippen LogP contribution in [0.1, 0.15) is 20.3 Å². The monoisotopic (exact) mass is 241 g/mol. The molecule has 1 aromatic heterocycles. The van der Waals surface area contributed by atoms with Crippen LogP contribution in [-0.4, -0.2) is 22.3 Å². The third kappa shape index (κ3) is 3.20. The van der Waals surface area contributed by atoms with E-state index in [0.717, 1.165) is 4.57 Å². The van der Waals surface area contributed by atoms with Gasteiger partial charge in [0.2, 0.25) is 0 Å². The molecule has 0 atom stereocenters. The highest BCUT2D eigenvalue weighted by Gasteiger charge is 2.07. The second kappa shape index (κ2) is 6.24. The number of nitrogen functional groups attached to an aromatic ring is 1. The summed E-state index contributed by atoms with van der Waals surface area (Å²) in [6.07, 6.45) is 2.01. The average Bonchev–Trinajstić information content (AvgIpc) is 2.33. The van der Waals surface area contributed by atoms with E-state index in [1.54, 1.807) is 0 Å². The minimum absolute atomic E-state index is 0.0999. The molecule has 0 spiro atoms. The minimum Gasteiger partial charge on any atom is -0.393 e. The van der Waals surface area contributed by atoms with Crippen molar-refractivity contribution in [1.29, 1.82) is 0 Å². The maximum Gasteiger partial charge on any atom is 0.331 e. The zero-order chi connectivity index (χ0) is 12.8. The molecule has 96 valence electrons. The maximum atomic E-state index is 11.9. The zero-order valence-electron chi connectivity index (χ0n) is 10.3. The number of nitrogens with two attached hydrogens (primary N) is 1. The fourth-order valence-corrected chi connectivity index (χ4v) is 1.57. The van der Waals surface area contributed by atoms with E-state index in [1.165, 1.54) is 10.8 Å². The highest BCUT2D eigenvalue weighted by Crippen LogP contribution is 1.92. The molecule has 0 fully saturated rings. The molecule has 0 aromatic carbocycles. The molecule has 0 aliphatic carbocycles. The van der Waals surface area contributed by atoms with Crippen molar-refractivity contribution in [2.75, 3.05) is 18.9 Å². The summed E-state index contributed by atoms with van der Waals surface area (Å²) >= 11 is 0. The predicted molar refractivity (Wildman–Crippen MR) is 66.2 cm³/mol. The molecule has 0 radical (unpaired) electrons. The second-order valence-corrected chi connectivity index (χ2v) is 3.66. The van der Waals surface area contributed by atoms with Crippen molar-refractivity contribution in [3.63, 3.8) is 0 Å². The Labute approximate surface area is 99.6 Å². The summed E-state index contributed by atoms with van der Waals surface area (Å²) in [4.78, 5) is 23.6. The number of ether oxygens (including phenoxy) is 1. The average molecular weight is 241 g/mol. The van der Waals surface area contributed by atoms with E-state index in [-0.39, 0.29) is 11.4 Å². The number of aryl methyl sites for hydroxylation is 1. The van der Waals surface area contributed by atoms with E-state index < -0.39 is 5.56 Å². The maximum absolute atomic E-state index is 11.9. The van der Waals surface area contributed by atoms with Crippen molar-refractivity contribution in [2.45, 2.75) is 33.4 Å². The molecule has 0 saturated heterocycles. The van der Waals surface area contributed by atoms with Gasteiger partial charge in [0, 0.05) is 32.5 Å². The summed E-state index contributed by atoms with van der Waals surface area (Å²) in [6, 6.07) is 0. The molecule has 0 bridgehead atoms. The summed E-state index contributed by atoms with van der Waals surface area (Å²) in [5, 5.41) is 0. The molecule has 17 heavy (non-hydrogen) atoms. The minimum atomic E-state index is -0.420. The van der Waals surface area contributed by atoms with Crippen LogP contribution in [0.5, 0.6) is 0 Å². The van der Waals surface area contributed by atoms with E-state index in [2.05, 4.69) is 0 Å². The molecular formula is C11H19N3O3. The number of anilines is 1. The first-order valence-corrected chi connectivity index (χ1v) is 5.79. The van der Waals surface area contributed by atoms with Gasteiger partial charge in [-0.25, -0.2) is 4.79 Å². The lowest BCUT2D eigenvalue weighted by Crippen LogP contribution is -2.40. The molecule has 0 aliphatic heterocycles. The van der Waals surface area contributed by atoms with Gasteiger partial charge in [-0.05, 0) is 20.3 Å². The Morgan fingerprint density at radius 3 is 2.65 bits per heavy atom. The van der Waals surface area contributed by atoms with Crippen molar-refractivity contribution < 1.29 is 4.74 Å². The Morgan fingerprint density at radius 2 is 2.06 bits per heavy atom. The smallest absolute Gasteiger partial charge is 0.331 e. The standard InChI is InChI=1S/C11H19N3O3/c1-3-13-8-9(12)10(15)14(11(13)16)6-5-7-17-4-2/h8H,3-7,12H2,1-2H3. The lowest BCUT2D eigenvalue weighted by atomic mass is 10.4. The predicted octanol–water partition coefficient (Wildman–Crippen LogP) is 0.0387. The van der Waals surface area contributed by atoms with Crippen molar-refractivity contribution in [1.82, 2.24) is 9.13 Å². The summed E-state index contributed by atoms with van der Waals surface area (Å²) in [5.74, 6) is 0. The van der Waals surface area contributed by atoms with Crippen LogP contribution in [-0.2, 0) is 17.8 Å². The van der Waals surface area contributed by atoms with Gasteiger partial charge in [0.05, 0.1) is 0 Å². The molecule has 0 unspecified atom stereocenters. The molecule has 2 N–H and O–H groups in total. The Kier molecular flexibility index (Phi) is 4.96. The molecule has 0 saturated carbocycles. The van der Waals surface area contributed by atoms with Gasteiger partial charge in [0.1, 0.15) is 5.69 Å². The van der Waals surface area contributed by atoms with E-state index >= 15 is 0 Å². The van der Waals surface area contributed by atoms with Gasteiger partial charge in [-0.1, -0.05) is 0 Å². The normalized spacial score (nSPS) is 10.7. The molecule has 1 aromatic rings. The summed E-state index contributed by atoms with van der Waals surface area (Å²) in [7, 11) is 0. The Balaban J connectivity index is 2.94. The first-order chi connectivity index (χ1) is 8.11. The van der Waals surface area contributed by atoms with Gasteiger partial charge < -0.3 is 10.5 Å². The van der Waals surface area contributed by atoms with Crippen LogP contribution in [0.3, 0.4) is 0 Å². The van der Waals surface area contributed by atoms with Crippen LogP contribution >= 0.6 is 0 Å². The number of hydrogen-bond acceptors (Lipinski definition) is 4. The SMILES string of the molecule is CCOCCCn1c(=O)c(N)cn(CC)c1=O. The zero-order valence-corrected chi connectivity index (χ0v) is 10.3. The van der Waals surface area contributed by atoms with Crippen LogP contribution in [0.2, 0.25) is 0 Å². The molecule has 1 rings (SSSR count). The largest absolute Gasteiger partial charge is 0.393 e. The molecular weight excluding hydrogens is 222 g/mol. The first-order valence-electron chi connectivity index (χ1n) is 5.79. The van der Waals surface area contributed by atoms with Gasteiger partial charge in [-0.2, -0.15) is 0 Å². The first kappa shape index (κ1) is 13.5. The van der Waals surface area contributed by atoms with Gasteiger partial charge in [0.15, 0.2) is 0 Å². The Hall–Kier alpha value is -1.56. The van der Waals surface area contributed by atoms with Crippen molar-refractivity contribution >= 4 is 5.69 Å². The van der Waals surface area contributed by atoms with E-state index in [9.17, 15) is 9.59 Å². The Morgan fingerprint density at radius 1 is 1.35 bits per heavy atom. The van der Waals surface area contributed by atoms with Crippen LogP contribution in [0.25, 0.3) is 0 Å².